The van der Waals surface area contributed by atoms with Gasteiger partial charge in [-0.3, -0.25) is 4.79 Å². The van der Waals surface area contributed by atoms with Gasteiger partial charge in [0, 0.05) is 10.6 Å². The third-order valence-corrected chi connectivity index (χ3v) is 3.21. The van der Waals surface area contributed by atoms with Crippen LogP contribution in [-0.2, 0) is 16.1 Å². The van der Waals surface area contributed by atoms with Gasteiger partial charge >= 0.3 is 5.97 Å². The summed E-state index contributed by atoms with van der Waals surface area (Å²) in [7, 11) is 1.16. The van der Waals surface area contributed by atoms with Gasteiger partial charge in [0.25, 0.3) is 5.78 Å². The quantitative estimate of drug-likeness (QED) is 0.483. The van der Waals surface area contributed by atoms with E-state index in [-0.39, 0.29) is 12.2 Å². The predicted molar refractivity (Wildman–Crippen MR) is 78.6 cm³/mol. The van der Waals surface area contributed by atoms with Gasteiger partial charge in [0.15, 0.2) is 0 Å². The number of hydrogen-bond acceptors (Lipinski definition) is 4. The molecule has 5 heteroatoms. The van der Waals surface area contributed by atoms with Crippen molar-refractivity contribution in [1.82, 2.24) is 0 Å². The minimum absolute atomic E-state index is 0.163. The molecule has 0 N–H and O–H groups in total. The molecule has 0 bridgehead atoms. The van der Waals surface area contributed by atoms with Crippen LogP contribution in [0.1, 0.15) is 15.9 Å². The number of Topliss-reactive ketones (excluding diaryl/α,β-unsaturated/α-hetero) is 1. The van der Waals surface area contributed by atoms with E-state index in [9.17, 15) is 9.59 Å². The van der Waals surface area contributed by atoms with E-state index < -0.39 is 11.8 Å². The van der Waals surface area contributed by atoms with Gasteiger partial charge in [-0.25, -0.2) is 4.79 Å². The third kappa shape index (κ3) is 3.61. The van der Waals surface area contributed by atoms with E-state index in [1.54, 1.807) is 24.3 Å². The summed E-state index contributed by atoms with van der Waals surface area (Å²) in [6.07, 6.45) is 0. The Morgan fingerprint density at radius 1 is 1.05 bits per heavy atom. The first-order valence-corrected chi connectivity index (χ1v) is 6.59. The van der Waals surface area contributed by atoms with Crippen LogP contribution in [0, 0.1) is 0 Å². The average Bonchev–Trinajstić information content (AvgIpc) is 2.53. The summed E-state index contributed by atoms with van der Waals surface area (Å²) in [4.78, 5) is 23.2. The zero-order valence-electron chi connectivity index (χ0n) is 11.3. The average molecular weight is 305 g/mol. The molecule has 2 aromatic carbocycles. The number of hydrogen-bond donors (Lipinski definition) is 0. The molecule has 0 spiro atoms. The van der Waals surface area contributed by atoms with Crippen LogP contribution in [0.15, 0.2) is 48.5 Å². The van der Waals surface area contributed by atoms with Crippen molar-refractivity contribution in [3.8, 4) is 5.75 Å². The number of carbonyl (C=O) groups excluding carboxylic acids is 2. The van der Waals surface area contributed by atoms with Crippen molar-refractivity contribution in [2.24, 2.45) is 0 Å². The second-order valence-electron chi connectivity index (χ2n) is 4.20. The van der Waals surface area contributed by atoms with Gasteiger partial charge in [0.1, 0.15) is 12.4 Å². The topological polar surface area (TPSA) is 52.6 Å². The van der Waals surface area contributed by atoms with Crippen molar-refractivity contribution in [2.45, 2.75) is 6.61 Å². The lowest BCUT2D eigenvalue weighted by atomic mass is 10.1. The summed E-state index contributed by atoms with van der Waals surface area (Å²) in [5.74, 6) is -1.36. The first-order valence-electron chi connectivity index (χ1n) is 6.21. The second-order valence-corrected chi connectivity index (χ2v) is 4.60. The molecule has 0 atom stereocenters. The Kier molecular flexibility index (Phi) is 4.95. The van der Waals surface area contributed by atoms with E-state index in [2.05, 4.69) is 4.74 Å². The Balaban J connectivity index is 2.19. The van der Waals surface area contributed by atoms with Crippen molar-refractivity contribution in [3.63, 3.8) is 0 Å². The van der Waals surface area contributed by atoms with Crippen molar-refractivity contribution < 1.29 is 19.1 Å². The van der Waals surface area contributed by atoms with Gasteiger partial charge < -0.3 is 9.47 Å². The number of para-hydroxylation sites is 1. The number of ether oxygens (including phenoxy) is 2. The fourth-order valence-corrected chi connectivity index (χ4v) is 1.94. The van der Waals surface area contributed by atoms with Crippen LogP contribution in [0.4, 0.5) is 0 Å². The highest BCUT2D eigenvalue weighted by Gasteiger charge is 2.20. The highest BCUT2D eigenvalue weighted by atomic mass is 35.5. The SMILES string of the molecule is COC(=O)C(=O)c1ccccc1OCc1ccccc1Cl. The number of esters is 1. The molecule has 0 heterocycles. The molecule has 0 amide bonds. The molecule has 4 nitrogen and oxygen atoms in total. The third-order valence-electron chi connectivity index (χ3n) is 2.84. The summed E-state index contributed by atoms with van der Waals surface area (Å²) in [6.45, 7) is 0.200. The van der Waals surface area contributed by atoms with Crippen LogP contribution in [0.3, 0.4) is 0 Å². The number of methoxy groups -OCH3 is 1. The van der Waals surface area contributed by atoms with Crippen molar-refractivity contribution in [2.75, 3.05) is 7.11 Å². The van der Waals surface area contributed by atoms with Crippen LogP contribution in [-0.4, -0.2) is 18.9 Å². The molecular weight excluding hydrogens is 292 g/mol. The molecule has 0 fully saturated rings. The zero-order chi connectivity index (χ0) is 15.2. The standard InChI is InChI=1S/C16H13ClO4/c1-20-16(19)15(18)12-7-3-5-9-14(12)21-10-11-6-2-4-8-13(11)17/h2-9H,10H2,1H3. The number of halogens is 1. The molecule has 2 rings (SSSR count). The lowest BCUT2D eigenvalue weighted by Crippen LogP contribution is -2.16. The summed E-state index contributed by atoms with van der Waals surface area (Å²) < 4.78 is 10.0. The summed E-state index contributed by atoms with van der Waals surface area (Å²) in [5, 5.41) is 0.578. The van der Waals surface area contributed by atoms with E-state index in [1.165, 1.54) is 6.07 Å². The minimum Gasteiger partial charge on any atom is -0.488 e. The van der Waals surface area contributed by atoms with Crippen LogP contribution in [0.25, 0.3) is 0 Å². The first kappa shape index (κ1) is 15.1. The number of rotatable bonds is 5. The number of carbonyl (C=O) groups is 2. The molecule has 108 valence electrons. The van der Waals surface area contributed by atoms with Gasteiger partial charge in [-0.1, -0.05) is 41.9 Å². The zero-order valence-corrected chi connectivity index (χ0v) is 12.1. The molecule has 0 aliphatic heterocycles. The maximum absolute atomic E-state index is 11.9. The van der Waals surface area contributed by atoms with E-state index in [0.717, 1.165) is 12.7 Å². The highest BCUT2D eigenvalue weighted by Crippen LogP contribution is 2.22. The molecule has 0 unspecified atom stereocenters. The van der Waals surface area contributed by atoms with Gasteiger partial charge in [-0.2, -0.15) is 0 Å². The van der Waals surface area contributed by atoms with E-state index in [4.69, 9.17) is 16.3 Å². The molecule has 2 aromatic rings. The number of ketones is 1. The largest absolute Gasteiger partial charge is 0.488 e. The van der Waals surface area contributed by atoms with Gasteiger partial charge in [0.05, 0.1) is 12.7 Å². The molecule has 0 radical (unpaired) electrons. The summed E-state index contributed by atoms with van der Waals surface area (Å²) in [5.41, 5.74) is 0.955. The Labute approximate surface area is 127 Å². The monoisotopic (exact) mass is 304 g/mol. The Hall–Kier alpha value is -2.33. The lowest BCUT2D eigenvalue weighted by Gasteiger charge is -2.11. The molecule has 0 aromatic heterocycles. The van der Waals surface area contributed by atoms with Crippen molar-refractivity contribution in [3.05, 3.63) is 64.7 Å². The van der Waals surface area contributed by atoms with Crippen LogP contribution in [0.2, 0.25) is 5.02 Å². The Morgan fingerprint density at radius 2 is 1.71 bits per heavy atom. The molecule has 0 saturated heterocycles. The molecule has 0 saturated carbocycles. The van der Waals surface area contributed by atoms with Crippen LogP contribution >= 0.6 is 11.6 Å². The molecule has 0 aliphatic rings. The van der Waals surface area contributed by atoms with Crippen LogP contribution < -0.4 is 4.74 Å². The fraction of sp³-hybridized carbons (Fsp3) is 0.125. The molecular formula is C16H13ClO4. The van der Waals surface area contributed by atoms with E-state index in [1.807, 2.05) is 18.2 Å². The molecule has 0 aliphatic carbocycles. The van der Waals surface area contributed by atoms with E-state index in [0.29, 0.717) is 10.8 Å². The summed E-state index contributed by atoms with van der Waals surface area (Å²) in [6, 6.07) is 13.7. The molecule has 21 heavy (non-hydrogen) atoms. The van der Waals surface area contributed by atoms with Crippen molar-refractivity contribution in [1.29, 1.82) is 0 Å². The van der Waals surface area contributed by atoms with Gasteiger partial charge in [-0.15, -0.1) is 0 Å². The van der Waals surface area contributed by atoms with Gasteiger partial charge in [0.2, 0.25) is 0 Å². The Bertz CT molecular complexity index is 667. The van der Waals surface area contributed by atoms with E-state index >= 15 is 0 Å². The predicted octanol–water partition coefficient (Wildman–Crippen LogP) is 3.27. The maximum Gasteiger partial charge on any atom is 0.379 e. The Morgan fingerprint density at radius 3 is 2.43 bits per heavy atom. The smallest absolute Gasteiger partial charge is 0.379 e. The van der Waals surface area contributed by atoms with Crippen LogP contribution in [0.5, 0.6) is 5.75 Å². The highest BCUT2D eigenvalue weighted by molar-refractivity contribution is 6.41. The van der Waals surface area contributed by atoms with Gasteiger partial charge in [-0.05, 0) is 18.2 Å². The lowest BCUT2D eigenvalue weighted by molar-refractivity contribution is -0.135. The first-order chi connectivity index (χ1) is 10.1. The fourth-order valence-electron chi connectivity index (χ4n) is 1.75. The van der Waals surface area contributed by atoms with Crippen molar-refractivity contribution >= 4 is 23.4 Å². The second kappa shape index (κ2) is 6.90. The summed E-state index contributed by atoms with van der Waals surface area (Å²) >= 11 is 6.04. The minimum atomic E-state index is -0.927. The number of benzene rings is 2. The maximum atomic E-state index is 11.9. The normalized spacial score (nSPS) is 10.0.